The number of carboxylic acids is 1. The van der Waals surface area contributed by atoms with Crippen LogP contribution in [0.15, 0.2) is 36.5 Å². The van der Waals surface area contributed by atoms with Gasteiger partial charge in [0.1, 0.15) is 5.75 Å². The van der Waals surface area contributed by atoms with Gasteiger partial charge in [-0.25, -0.2) is 9.78 Å². The second-order valence-corrected chi connectivity index (χ2v) is 4.38. The van der Waals surface area contributed by atoms with E-state index in [4.69, 9.17) is 19.3 Å². The van der Waals surface area contributed by atoms with Crippen LogP contribution in [0.3, 0.4) is 0 Å². The highest BCUT2D eigenvalue weighted by Gasteiger charge is 2.15. The summed E-state index contributed by atoms with van der Waals surface area (Å²) in [5, 5.41) is 17.9. The summed E-state index contributed by atoms with van der Waals surface area (Å²) in [6.07, 6.45) is 3.67. The molecule has 0 aliphatic rings. The Kier molecular flexibility index (Phi) is 5.03. The van der Waals surface area contributed by atoms with E-state index >= 15 is 0 Å². The van der Waals surface area contributed by atoms with Crippen molar-refractivity contribution in [3.05, 3.63) is 42.1 Å². The summed E-state index contributed by atoms with van der Waals surface area (Å²) in [7, 11) is 2.91. The fourth-order valence-corrected chi connectivity index (χ4v) is 1.80. The van der Waals surface area contributed by atoms with E-state index in [1.165, 1.54) is 38.6 Å². The molecule has 23 heavy (non-hydrogen) atoms. The second kappa shape index (κ2) is 7.17. The maximum Gasteiger partial charge on any atom is 0.328 e. The fourth-order valence-electron chi connectivity index (χ4n) is 1.80. The molecule has 0 unspecified atom stereocenters. The summed E-state index contributed by atoms with van der Waals surface area (Å²) in [6.45, 7) is 0. The van der Waals surface area contributed by atoms with E-state index in [0.29, 0.717) is 22.8 Å². The van der Waals surface area contributed by atoms with E-state index in [-0.39, 0.29) is 11.6 Å². The molecule has 0 saturated carbocycles. The first kappa shape index (κ1) is 16.2. The largest absolute Gasteiger partial charge is 0.506 e. The van der Waals surface area contributed by atoms with Crippen LogP contribution in [-0.2, 0) is 4.79 Å². The summed E-state index contributed by atoms with van der Waals surface area (Å²) in [4.78, 5) is 14.5. The molecule has 0 saturated heterocycles. The number of pyridine rings is 1. The zero-order valence-electron chi connectivity index (χ0n) is 12.5. The van der Waals surface area contributed by atoms with Crippen LogP contribution >= 0.6 is 0 Å². The van der Waals surface area contributed by atoms with Crippen LogP contribution in [-0.4, -0.2) is 35.4 Å². The molecule has 2 N–H and O–H groups in total. The van der Waals surface area contributed by atoms with Gasteiger partial charge in [0, 0.05) is 12.1 Å². The van der Waals surface area contributed by atoms with Crippen molar-refractivity contribution < 1.29 is 29.2 Å². The molecular formula is C16H15NO6. The number of methoxy groups -OCH3 is 2. The molecule has 7 heteroatoms. The highest BCUT2D eigenvalue weighted by molar-refractivity contribution is 5.85. The van der Waals surface area contributed by atoms with Crippen molar-refractivity contribution in [3.63, 3.8) is 0 Å². The van der Waals surface area contributed by atoms with Crippen molar-refractivity contribution in [1.82, 2.24) is 4.98 Å². The lowest BCUT2D eigenvalue weighted by molar-refractivity contribution is -0.131. The molecular weight excluding hydrogens is 302 g/mol. The average Bonchev–Trinajstić information content (AvgIpc) is 2.55. The third-order valence-corrected chi connectivity index (χ3v) is 2.83. The maximum atomic E-state index is 10.6. The molecule has 0 aliphatic heterocycles. The number of benzene rings is 1. The Labute approximate surface area is 132 Å². The van der Waals surface area contributed by atoms with Crippen molar-refractivity contribution in [2.24, 2.45) is 0 Å². The lowest BCUT2D eigenvalue weighted by Crippen LogP contribution is -1.97. The van der Waals surface area contributed by atoms with Gasteiger partial charge >= 0.3 is 5.97 Å². The molecule has 0 radical (unpaired) electrons. The monoisotopic (exact) mass is 317 g/mol. The summed E-state index contributed by atoms with van der Waals surface area (Å²) < 4.78 is 16.2. The molecule has 120 valence electrons. The summed E-state index contributed by atoms with van der Waals surface area (Å²) in [6, 6.07) is 6.15. The lowest BCUT2D eigenvalue weighted by Gasteiger charge is -2.14. The summed E-state index contributed by atoms with van der Waals surface area (Å²) in [5.41, 5.74) is 0.576. The van der Waals surface area contributed by atoms with Crippen molar-refractivity contribution in [1.29, 1.82) is 0 Å². The highest BCUT2D eigenvalue weighted by atomic mass is 16.5. The van der Waals surface area contributed by atoms with Crippen LogP contribution in [0.1, 0.15) is 5.56 Å². The number of aromatic nitrogens is 1. The van der Waals surface area contributed by atoms with E-state index in [0.717, 1.165) is 6.08 Å². The van der Waals surface area contributed by atoms with E-state index < -0.39 is 5.97 Å². The second-order valence-electron chi connectivity index (χ2n) is 4.38. The molecule has 0 aliphatic carbocycles. The van der Waals surface area contributed by atoms with Crippen molar-refractivity contribution in [2.75, 3.05) is 14.2 Å². The zero-order valence-corrected chi connectivity index (χ0v) is 12.5. The first-order valence-corrected chi connectivity index (χ1v) is 6.53. The van der Waals surface area contributed by atoms with Crippen LogP contribution in [0.2, 0.25) is 0 Å². The van der Waals surface area contributed by atoms with Crippen LogP contribution in [0.5, 0.6) is 28.9 Å². The first-order chi connectivity index (χ1) is 11.0. The van der Waals surface area contributed by atoms with Crippen LogP contribution in [0.25, 0.3) is 6.08 Å². The van der Waals surface area contributed by atoms with E-state index in [9.17, 15) is 9.90 Å². The molecule has 2 aromatic rings. The molecule has 0 atom stereocenters. The van der Waals surface area contributed by atoms with Gasteiger partial charge in [0.25, 0.3) is 0 Å². The number of rotatable bonds is 6. The number of nitrogens with zero attached hydrogens (tertiary/aromatic N) is 1. The van der Waals surface area contributed by atoms with E-state index in [1.54, 1.807) is 12.1 Å². The minimum Gasteiger partial charge on any atom is -0.506 e. The summed E-state index contributed by atoms with van der Waals surface area (Å²) in [5.74, 6) is 0.199. The molecule has 1 aromatic carbocycles. The van der Waals surface area contributed by atoms with Gasteiger partial charge in [-0.2, -0.15) is 0 Å². The molecule has 0 spiro atoms. The van der Waals surface area contributed by atoms with Crippen molar-refractivity contribution in [2.45, 2.75) is 0 Å². The average molecular weight is 317 g/mol. The van der Waals surface area contributed by atoms with Gasteiger partial charge in [0.15, 0.2) is 11.5 Å². The molecule has 7 nitrogen and oxygen atoms in total. The minimum absolute atomic E-state index is 0.0189. The van der Waals surface area contributed by atoms with Crippen LogP contribution in [0, 0.1) is 0 Å². The van der Waals surface area contributed by atoms with E-state index in [2.05, 4.69) is 4.98 Å². The van der Waals surface area contributed by atoms with Gasteiger partial charge in [0.05, 0.1) is 20.4 Å². The quantitative estimate of drug-likeness (QED) is 0.790. The van der Waals surface area contributed by atoms with Gasteiger partial charge < -0.3 is 24.4 Å². The summed E-state index contributed by atoms with van der Waals surface area (Å²) >= 11 is 0. The zero-order chi connectivity index (χ0) is 16.8. The predicted octanol–water partition coefficient (Wildman–Crippen LogP) is 2.69. The van der Waals surface area contributed by atoms with Gasteiger partial charge in [-0.3, -0.25) is 0 Å². The number of hydrogen-bond donors (Lipinski definition) is 2. The number of ether oxygens (including phenoxy) is 3. The molecule has 0 fully saturated rings. The van der Waals surface area contributed by atoms with Crippen molar-refractivity contribution >= 4 is 12.0 Å². The molecule has 2 rings (SSSR count). The van der Waals surface area contributed by atoms with Crippen molar-refractivity contribution in [3.8, 4) is 28.9 Å². The topological polar surface area (TPSA) is 98.1 Å². The highest BCUT2D eigenvalue weighted by Crippen LogP contribution is 2.41. The minimum atomic E-state index is -1.06. The van der Waals surface area contributed by atoms with Gasteiger partial charge in [0.2, 0.25) is 11.6 Å². The normalized spacial score (nSPS) is 10.5. The van der Waals surface area contributed by atoms with Crippen LogP contribution < -0.4 is 14.2 Å². The Balaban J connectivity index is 2.41. The molecule has 0 bridgehead atoms. The smallest absolute Gasteiger partial charge is 0.328 e. The number of aromatic hydroxyl groups is 1. The van der Waals surface area contributed by atoms with Crippen LogP contribution in [0.4, 0.5) is 0 Å². The van der Waals surface area contributed by atoms with Gasteiger partial charge in [-0.05, 0) is 29.8 Å². The number of carboxylic acid groups (broad SMARTS) is 1. The van der Waals surface area contributed by atoms with Gasteiger partial charge in [-0.1, -0.05) is 0 Å². The van der Waals surface area contributed by atoms with E-state index in [1.807, 2.05) is 0 Å². The standard InChI is InChI=1S/C16H15NO6/c1-21-12-7-10(3-6-15(19)20)8-13(22-2)16(12)23-14-5-4-11(18)9-17-14/h3-9,18H,1-2H3,(H,19,20). The maximum absolute atomic E-state index is 10.6. The third-order valence-electron chi connectivity index (χ3n) is 2.83. The molecule has 1 aromatic heterocycles. The number of hydrogen-bond acceptors (Lipinski definition) is 6. The Morgan fingerprint density at radius 1 is 1.17 bits per heavy atom. The molecule has 1 heterocycles. The first-order valence-electron chi connectivity index (χ1n) is 6.53. The number of aliphatic carboxylic acids is 1. The SMILES string of the molecule is COc1cc(C=CC(=O)O)cc(OC)c1Oc1ccc(O)cn1. The Morgan fingerprint density at radius 2 is 1.83 bits per heavy atom. The Morgan fingerprint density at radius 3 is 2.30 bits per heavy atom. The Hall–Kier alpha value is -3.22. The Bertz CT molecular complexity index is 699. The third kappa shape index (κ3) is 4.13. The fraction of sp³-hybridized carbons (Fsp3) is 0.125. The number of carbonyl (C=O) groups is 1. The lowest BCUT2D eigenvalue weighted by atomic mass is 10.1. The van der Waals surface area contributed by atoms with Gasteiger partial charge in [-0.15, -0.1) is 0 Å². The predicted molar refractivity (Wildman–Crippen MR) is 82.2 cm³/mol. The molecule has 0 amide bonds.